The van der Waals surface area contributed by atoms with Gasteiger partial charge < -0.3 is 10.1 Å². The lowest BCUT2D eigenvalue weighted by molar-refractivity contribution is -0.182. The summed E-state index contributed by atoms with van der Waals surface area (Å²) in [4.78, 5) is 11.9. The Labute approximate surface area is 143 Å². The number of alkyl halides is 3. The minimum atomic E-state index is -4.38. The van der Waals surface area contributed by atoms with Crippen molar-refractivity contribution in [2.75, 3.05) is 11.9 Å². The summed E-state index contributed by atoms with van der Waals surface area (Å²) in [6.07, 6.45) is 0.318. The Morgan fingerprint density at radius 2 is 2.12 bits per heavy atom. The second-order valence-electron chi connectivity index (χ2n) is 4.98. The Hall–Kier alpha value is -1.88. The normalized spacial score (nSPS) is 11.7. The molecule has 0 aliphatic rings. The van der Waals surface area contributed by atoms with Crippen molar-refractivity contribution in [2.24, 2.45) is 0 Å². The first-order valence-corrected chi connectivity index (χ1v) is 7.68. The lowest BCUT2D eigenvalue weighted by atomic mass is 10.4. The van der Waals surface area contributed by atoms with E-state index < -0.39 is 12.8 Å². The van der Waals surface area contributed by atoms with Crippen LogP contribution in [0.15, 0.2) is 23.1 Å². The second-order valence-corrected chi connectivity index (χ2v) is 5.84. The molecule has 0 atom stereocenters. The van der Waals surface area contributed by atoms with Gasteiger partial charge in [0.1, 0.15) is 13.3 Å². The van der Waals surface area contributed by atoms with Crippen molar-refractivity contribution in [1.82, 2.24) is 19.6 Å². The number of aromatic nitrogens is 4. The van der Waals surface area contributed by atoms with Gasteiger partial charge in [-0.1, -0.05) is 0 Å². The highest BCUT2D eigenvalue weighted by Gasteiger charge is 2.27. The van der Waals surface area contributed by atoms with Crippen molar-refractivity contribution in [2.45, 2.75) is 32.8 Å². The Kier molecular flexibility index (Phi) is 5.99. The van der Waals surface area contributed by atoms with E-state index in [4.69, 9.17) is 0 Å². The monoisotopic (exact) mass is 409 g/mol. The minimum absolute atomic E-state index is 0.198. The van der Waals surface area contributed by atoms with Gasteiger partial charge in [-0.25, -0.2) is 4.68 Å². The smallest absolute Gasteiger partial charge is 0.350 e. The van der Waals surface area contributed by atoms with Crippen LogP contribution in [0.5, 0.6) is 0 Å². The zero-order chi connectivity index (χ0) is 17.7. The van der Waals surface area contributed by atoms with E-state index in [2.05, 4.69) is 36.2 Å². The maximum atomic E-state index is 12.0. The zero-order valence-corrected chi connectivity index (χ0v) is 14.3. The van der Waals surface area contributed by atoms with Gasteiger partial charge in [0, 0.05) is 19.2 Å². The van der Waals surface area contributed by atoms with E-state index in [1.54, 1.807) is 10.9 Å². The molecule has 11 heteroatoms. The highest BCUT2D eigenvalue weighted by molar-refractivity contribution is 9.10. The third-order valence-corrected chi connectivity index (χ3v) is 3.64. The Balaban J connectivity index is 1.76. The number of carbonyl (C=O) groups is 1. The van der Waals surface area contributed by atoms with Gasteiger partial charge in [-0.3, -0.25) is 9.48 Å². The number of carbonyl (C=O) groups excluding carboxylic acids is 1. The number of aryl methyl sites for hydroxylation is 2. The topological polar surface area (TPSA) is 74.0 Å². The first kappa shape index (κ1) is 18.5. The molecule has 0 fully saturated rings. The maximum absolute atomic E-state index is 12.0. The fourth-order valence-electron chi connectivity index (χ4n) is 1.80. The molecule has 0 radical (unpaired) electrons. The van der Waals surface area contributed by atoms with Crippen molar-refractivity contribution in [3.63, 3.8) is 0 Å². The Bertz CT molecular complexity index is 679. The van der Waals surface area contributed by atoms with E-state index in [1.807, 2.05) is 6.92 Å². The number of amides is 1. The van der Waals surface area contributed by atoms with Crippen molar-refractivity contribution >= 4 is 27.5 Å². The Morgan fingerprint density at radius 3 is 2.75 bits per heavy atom. The lowest BCUT2D eigenvalue weighted by Crippen LogP contribution is -2.18. The SMILES string of the molecule is Cc1nn(CCC(=O)Nc2cnn(COCC(F)(F)F)c2)cc1Br. The summed E-state index contributed by atoms with van der Waals surface area (Å²) in [5.74, 6) is -0.255. The molecular formula is C13H15BrF3N5O2. The summed E-state index contributed by atoms with van der Waals surface area (Å²) in [5, 5.41) is 10.6. The molecule has 0 aliphatic heterocycles. The van der Waals surface area contributed by atoms with Gasteiger partial charge in [0.2, 0.25) is 5.91 Å². The highest BCUT2D eigenvalue weighted by Crippen LogP contribution is 2.15. The Morgan fingerprint density at radius 1 is 1.38 bits per heavy atom. The summed E-state index contributed by atoms with van der Waals surface area (Å²) in [6.45, 7) is 0.542. The maximum Gasteiger partial charge on any atom is 0.411 e. The quantitative estimate of drug-likeness (QED) is 0.762. The minimum Gasteiger partial charge on any atom is -0.350 e. The molecule has 24 heavy (non-hydrogen) atoms. The molecule has 7 nitrogen and oxygen atoms in total. The molecule has 0 aliphatic carbocycles. The zero-order valence-electron chi connectivity index (χ0n) is 12.7. The van der Waals surface area contributed by atoms with E-state index >= 15 is 0 Å². The average Bonchev–Trinajstić information content (AvgIpc) is 3.03. The van der Waals surface area contributed by atoms with E-state index in [9.17, 15) is 18.0 Å². The molecule has 132 valence electrons. The van der Waals surface area contributed by atoms with Gasteiger partial charge in [0.15, 0.2) is 0 Å². The fourth-order valence-corrected chi connectivity index (χ4v) is 2.12. The molecule has 2 aromatic rings. The number of nitrogens with zero attached hydrogens (tertiary/aromatic N) is 4. The van der Waals surface area contributed by atoms with Crippen LogP contribution in [0, 0.1) is 6.92 Å². The number of anilines is 1. The van der Waals surface area contributed by atoms with Crippen molar-refractivity contribution in [1.29, 1.82) is 0 Å². The summed E-state index contributed by atoms with van der Waals surface area (Å²) in [6, 6.07) is 0. The first-order chi connectivity index (χ1) is 11.2. The molecule has 0 unspecified atom stereocenters. The van der Waals surface area contributed by atoms with Crippen LogP contribution in [-0.4, -0.2) is 38.3 Å². The molecular weight excluding hydrogens is 395 g/mol. The number of hydrogen-bond acceptors (Lipinski definition) is 4. The van der Waals surface area contributed by atoms with Crippen LogP contribution < -0.4 is 5.32 Å². The third-order valence-electron chi connectivity index (χ3n) is 2.86. The summed E-state index contributed by atoms with van der Waals surface area (Å²) >= 11 is 3.34. The molecule has 2 rings (SSSR count). The molecule has 1 N–H and O–H groups in total. The summed E-state index contributed by atoms with van der Waals surface area (Å²) in [7, 11) is 0. The first-order valence-electron chi connectivity index (χ1n) is 6.89. The van der Waals surface area contributed by atoms with Crippen LogP contribution in [0.2, 0.25) is 0 Å². The third kappa shape index (κ3) is 5.96. The van der Waals surface area contributed by atoms with Gasteiger partial charge in [-0.15, -0.1) is 0 Å². The summed E-state index contributed by atoms with van der Waals surface area (Å²) < 4.78 is 44.0. The molecule has 0 aromatic carbocycles. The number of hydrogen-bond donors (Lipinski definition) is 1. The van der Waals surface area contributed by atoms with Gasteiger partial charge in [0.05, 0.1) is 28.2 Å². The molecule has 0 bridgehead atoms. The van der Waals surface area contributed by atoms with E-state index in [0.717, 1.165) is 14.8 Å². The fraction of sp³-hybridized carbons (Fsp3) is 0.462. The molecule has 0 spiro atoms. The van der Waals surface area contributed by atoms with Crippen molar-refractivity contribution < 1.29 is 22.7 Å². The highest BCUT2D eigenvalue weighted by atomic mass is 79.9. The predicted octanol–water partition coefficient (Wildman–Crippen LogP) is 2.72. The van der Waals surface area contributed by atoms with Crippen LogP contribution in [0.1, 0.15) is 12.1 Å². The molecule has 1 amide bonds. The van der Waals surface area contributed by atoms with E-state index in [-0.39, 0.29) is 19.1 Å². The van der Waals surface area contributed by atoms with E-state index in [0.29, 0.717) is 12.2 Å². The summed E-state index contributed by atoms with van der Waals surface area (Å²) in [5.41, 5.74) is 1.21. The van der Waals surface area contributed by atoms with Crippen LogP contribution in [0.4, 0.5) is 18.9 Å². The molecule has 0 saturated carbocycles. The van der Waals surface area contributed by atoms with Crippen LogP contribution in [0.3, 0.4) is 0 Å². The van der Waals surface area contributed by atoms with Crippen LogP contribution in [0.25, 0.3) is 0 Å². The molecule has 2 heterocycles. The molecule has 2 aromatic heterocycles. The standard InChI is InChI=1S/C13H15BrF3N5O2/c1-9-11(14)6-21(20-9)3-2-12(23)19-10-4-18-22(5-10)8-24-7-13(15,16)17/h4-6H,2-3,7-8H2,1H3,(H,19,23). The van der Waals surface area contributed by atoms with Crippen LogP contribution in [-0.2, 0) is 22.8 Å². The van der Waals surface area contributed by atoms with Gasteiger partial charge >= 0.3 is 6.18 Å². The average molecular weight is 410 g/mol. The predicted molar refractivity (Wildman–Crippen MR) is 82.1 cm³/mol. The van der Waals surface area contributed by atoms with Gasteiger partial charge in [-0.2, -0.15) is 23.4 Å². The number of nitrogens with one attached hydrogen (secondary N) is 1. The number of ether oxygens (including phenoxy) is 1. The second kappa shape index (κ2) is 7.79. The lowest BCUT2D eigenvalue weighted by Gasteiger charge is -2.07. The number of halogens is 4. The van der Waals surface area contributed by atoms with Crippen molar-refractivity contribution in [3.8, 4) is 0 Å². The van der Waals surface area contributed by atoms with E-state index in [1.165, 1.54) is 12.4 Å². The molecule has 0 saturated heterocycles. The number of rotatable bonds is 7. The largest absolute Gasteiger partial charge is 0.411 e. The van der Waals surface area contributed by atoms with Gasteiger partial charge in [0.25, 0.3) is 0 Å². The van der Waals surface area contributed by atoms with Gasteiger partial charge in [-0.05, 0) is 22.9 Å². The van der Waals surface area contributed by atoms with Crippen LogP contribution >= 0.6 is 15.9 Å². The van der Waals surface area contributed by atoms with Crippen molar-refractivity contribution in [3.05, 3.63) is 28.8 Å².